The van der Waals surface area contributed by atoms with Gasteiger partial charge in [0.25, 0.3) is 0 Å². The van der Waals surface area contributed by atoms with E-state index in [1.165, 1.54) is 69.7 Å². The number of rotatable bonds is 15. The molecule has 1 N–H and O–H groups in total. The fraction of sp³-hybridized carbons (Fsp3) is 0.600. The molecule has 4 nitrogen and oxygen atoms in total. The van der Waals surface area contributed by atoms with Gasteiger partial charge in [0.15, 0.2) is 0 Å². The van der Waals surface area contributed by atoms with Crippen LogP contribution in [0.15, 0.2) is 36.4 Å². The lowest BCUT2D eigenvalue weighted by Crippen LogP contribution is -2.26. The second-order valence-corrected chi connectivity index (χ2v) is 8.14. The van der Waals surface area contributed by atoms with Gasteiger partial charge in [-0.05, 0) is 25.5 Å². The van der Waals surface area contributed by atoms with Gasteiger partial charge in [0, 0.05) is 25.1 Å². The summed E-state index contributed by atoms with van der Waals surface area (Å²) in [5, 5.41) is 2.92. The van der Waals surface area contributed by atoms with Crippen LogP contribution in [0.2, 0.25) is 0 Å². The predicted octanol–water partition coefficient (Wildman–Crippen LogP) is 6.19. The monoisotopic (exact) mass is 397 g/mol. The number of unbranched alkanes of at least 4 members (excludes halogenated alkanes) is 9. The van der Waals surface area contributed by atoms with Crippen LogP contribution < -0.4 is 5.32 Å². The van der Waals surface area contributed by atoms with E-state index in [2.05, 4.69) is 41.6 Å². The van der Waals surface area contributed by atoms with Crippen LogP contribution in [-0.4, -0.2) is 22.0 Å². The van der Waals surface area contributed by atoms with Crippen LogP contribution in [-0.2, 0) is 17.8 Å². The Kier molecular flexibility index (Phi) is 10.5. The number of fused-ring (bicyclic) bond motifs is 1. The normalized spacial score (nSPS) is 11.1. The molecule has 1 heterocycles. The quantitative estimate of drug-likeness (QED) is 0.288. The van der Waals surface area contributed by atoms with E-state index in [1.54, 1.807) is 6.92 Å². The molecule has 0 saturated carbocycles. The fourth-order valence-electron chi connectivity index (χ4n) is 3.76. The number of hydrogen-bond donors (Lipinski definition) is 1. The molecule has 1 aromatic carbocycles. The summed E-state index contributed by atoms with van der Waals surface area (Å²) >= 11 is 0. The van der Waals surface area contributed by atoms with Gasteiger partial charge in [-0.25, -0.2) is 4.98 Å². The fourth-order valence-corrected chi connectivity index (χ4v) is 3.76. The smallest absolute Gasteiger partial charge is 0.246 e. The van der Waals surface area contributed by atoms with Crippen LogP contribution in [0.3, 0.4) is 0 Å². The number of carbonyl (C=O) groups excluding carboxylic acids is 1. The van der Waals surface area contributed by atoms with E-state index >= 15 is 0 Å². The number of aryl methyl sites for hydroxylation is 1. The highest BCUT2D eigenvalue weighted by Crippen LogP contribution is 2.18. The van der Waals surface area contributed by atoms with Crippen LogP contribution in [0.5, 0.6) is 0 Å². The lowest BCUT2D eigenvalue weighted by Gasteiger charge is -2.10. The number of nitrogens with one attached hydrogen (secondary N) is 1. The zero-order chi connectivity index (χ0) is 20.9. The zero-order valence-electron chi connectivity index (χ0n) is 18.5. The van der Waals surface area contributed by atoms with E-state index in [1.807, 2.05) is 6.07 Å². The van der Waals surface area contributed by atoms with Gasteiger partial charge in [0.05, 0.1) is 11.0 Å². The number of nitrogens with zero attached hydrogens (tertiary/aromatic N) is 2. The summed E-state index contributed by atoms with van der Waals surface area (Å²) in [5.41, 5.74) is 2.79. The van der Waals surface area contributed by atoms with Crippen molar-refractivity contribution >= 4 is 16.9 Å². The molecule has 4 heteroatoms. The Morgan fingerprint density at radius 3 is 2.28 bits per heavy atom. The minimum atomic E-state index is -0.0812. The van der Waals surface area contributed by atoms with E-state index in [-0.39, 0.29) is 5.91 Å². The minimum Gasteiger partial charge on any atom is -0.352 e. The van der Waals surface area contributed by atoms with Crippen molar-refractivity contribution in [1.82, 2.24) is 14.9 Å². The molecule has 1 amide bonds. The average molecular weight is 398 g/mol. The highest BCUT2D eigenvalue weighted by molar-refractivity contribution is 5.92. The lowest BCUT2D eigenvalue weighted by atomic mass is 10.1. The molecule has 0 aliphatic heterocycles. The largest absolute Gasteiger partial charge is 0.352 e. The molecular formula is C25H39N3O. The van der Waals surface area contributed by atoms with Crippen LogP contribution in [0.4, 0.5) is 0 Å². The Morgan fingerprint density at radius 1 is 1.00 bits per heavy atom. The Hall–Kier alpha value is -2.10. The molecule has 0 unspecified atom stereocenters. The summed E-state index contributed by atoms with van der Waals surface area (Å²) in [5.74, 6) is 0.978. The van der Waals surface area contributed by atoms with Crippen LogP contribution >= 0.6 is 0 Å². The maximum atomic E-state index is 11.7. The van der Waals surface area contributed by atoms with Gasteiger partial charge >= 0.3 is 0 Å². The molecule has 29 heavy (non-hydrogen) atoms. The molecule has 0 radical (unpaired) electrons. The molecule has 2 aromatic rings. The van der Waals surface area contributed by atoms with Crippen molar-refractivity contribution in [2.45, 2.75) is 91.0 Å². The van der Waals surface area contributed by atoms with Gasteiger partial charge in [-0.2, -0.15) is 0 Å². The SMILES string of the molecule is C=C(C)C(=O)NCCc1nc2ccccc2n1CCCCCCCCCCCC. The van der Waals surface area contributed by atoms with Crippen LogP contribution in [0, 0.1) is 0 Å². The first-order valence-electron chi connectivity index (χ1n) is 11.5. The maximum absolute atomic E-state index is 11.7. The molecule has 0 saturated heterocycles. The third kappa shape index (κ3) is 8.04. The van der Waals surface area contributed by atoms with Crippen molar-refractivity contribution < 1.29 is 4.79 Å². The Morgan fingerprint density at radius 2 is 1.62 bits per heavy atom. The number of aromatic nitrogens is 2. The first-order valence-corrected chi connectivity index (χ1v) is 11.5. The number of imidazole rings is 1. The first-order chi connectivity index (χ1) is 14.1. The number of carbonyl (C=O) groups is 1. The molecule has 0 aliphatic rings. The molecule has 1 aromatic heterocycles. The zero-order valence-corrected chi connectivity index (χ0v) is 18.5. The first kappa shape index (κ1) is 23.2. The topological polar surface area (TPSA) is 46.9 Å². The van der Waals surface area contributed by atoms with Crippen molar-refractivity contribution in [1.29, 1.82) is 0 Å². The van der Waals surface area contributed by atoms with E-state index < -0.39 is 0 Å². The van der Waals surface area contributed by atoms with E-state index in [4.69, 9.17) is 4.98 Å². The molecule has 0 aliphatic carbocycles. The van der Waals surface area contributed by atoms with Crippen molar-refractivity contribution in [3.63, 3.8) is 0 Å². The molecule has 0 fully saturated rings. The van der Waals surface area contributed by atoms with E-state index in [0.717, 1.165) is 24.3 Å². The maximum Gasteiger partial charge on any atom is 0.246 e. The van der Waals surface area contributed by atoms with Gasteiger partial charge in [-0.15, -0.1) is 0 Å². The molecule has 0 spiro atoms. The molecule has 2 rings (SSSR count). The molecular weight excluding hydrogens is 358 g/mol. The second-order valence-electron chi connectivity index (χ2n) is 8.14. The molecule has 0 atom stereocenters. The average Bonchev–Trinajstić information content (AvgIpc) is 3.06. The van der Waals surface area contributed by atoms with Gasteiger partial charge in [0.1, 0.15) is 5.82 Å². The lowest BCUT2D eigenvalue weighted by molar-refractivity contribution is -0.117. The summed E-state index contributed by atoms with van der Waals surface area (Å²) in [6.07, 6.45) is 14.2. The Balaban J connectivity index is 1.78. The van der Waals surface area contributed by atoms with Crippen LogP contribution in [0.25, 0.3) is 11.0 Å². The number of benzene rings is 1. The summed E-state index contributed by atoms with van der Waals surface area (Å²) < 4.78 is 2.34. The van der Waals surface area contributed by atoms with E-state index in [9.17, 15) is 4.79 Å². The Labute approximate surface area is 176 Å². The molecule has 160 valence electrons. The third-order valence-corrected chi connectivity index (χ3v) is 5.49. The summed E-state index contributed by atoms with van der Waals surface area (Å²) in [6.45, 7) is 9.28. The standard InChI is InChI=1S/C25H39N3O/c1-4-5-6-7-8-9-10-11-12-15-20-28-23-17-14-13-16-22(23)27-24(28)18-19-26-25(29)21(2)3/h13-14,16-17H,2,4-12,15,18-20H2,1,3H3,(H,26,29). The third-order valence-electron chi connectivity index (χ3n) is 5.49. The summed E-state index contributed by atoms with van der Waals surface area (Å²) in [4.78, 5) is 16.5. The van der Waals surface area contributed by atoms with Crippen molar-refractivity contribution in [2.24, 2.45) is 0 Å². The highest BCUT2D eigenvalue weighted by atomic mass is 16.1. The summed E-state index contributed by atoms with van der Waals surface area (Å²) in [6, 6.07) is 8.33. The van der Waals surface area contributed by atoms with Gasteiger partial charge in [0.2, 0.25) is 5.91 Å². The minimum absolute atomic E-state index is 0.0812. The van der Waals surface area contributed by atoms with Gasteiger partial charge in [-0.1, -0.05) is 83.4 Å². The summed E-state index contributed by atoms with van der Waals surface area (Å²) in [7, 11) is 0. The van der Waals surface area contributed by atoms with Crippen molar-refractivity contribution in [3.05, 3.63) is 42.2 Å². The Bertz CT molecular complexity index is 763. The molecule has 0 bridgehead atoms. The van der Waals surface area contributed by atoms with E-state index in [0.29, 0.717) is 12.1 Å². The number of amides is 1. The van der Waals surface area contributed by atoms with Gasteiger partial charge < -0.3 is 9.88 Å². The second kappa shape index (κ2) is 13.2. The van der Waals surface area contributed by atoms with Crippen molar-refractivity contribution in [3.8, 4) is 0 Å². The highest BCUT2D eigenvalue weighted by Gasteiger charge is 2.10. The number of hydrogen-bond acceptors (Lipinski definition) is 2. The van der Waals surface area contributed by atoms with Crippen molar-refractivity contribution in [2.75, 3.05) is 6.54 Å². The number of para-hydroxylation sites is 2. The predicted molar refractivity (Wildman–Crippen MR) is 123 cm³/mol. The van der Waals surface area contributed by atoms with Gasteiger partial charge in [-0.3, -0.25) is 4.79 Å². The van der Waals surface area contributed by atoms with Crippen LogP contribution in [0.1, 0.15) is 83.9 Å².